The molecule has 6 nitrogen and oxygen atoms in total. The Kier molecular flexibility index (Phi) is 3.79. The van der Waals surface area contributed by atoms with Gasteiger partial charge in [-0.2, -0.15) is 0 Å². The molecule has 0 radical (unpaired) electrons. The van der Waals surface area contributed by atoms with E-state index in [0.29, 0.717) is 12.6 Å². The molecule has 19 heavy (non-hydrogen) atoms. The maximum Gasteiger partial charge on any atom is 0.236 e. The summed E-state index contributed by atoms with van der Waals surface area (Å²) < 4.78 is 5.01. The number of nitrogens with zero attached hydrogens (tertiary/aromatic N) is 3. The number of carbonyl (C=O) groups is 1. The Bertz CT molecular complexity index is 420. The van der Waals surface area contributed by atoms with Crippen LogP contribution >= 0.6 is 0 Å². The number of piperidine rings is 1. The van der Waals surface area contributed by atoms with Gasteiger partial charge in [0.25, 0.3) is 0 Å². The van der Waals surface area contributed by atoms with Crippen molar-refractivity contribution in [2.75, 3.05) is 32.7 Å². The minimum Gasteiger partial charge on any atom is -0.451 e. The number of aromatic nitrogens is 1. The first-order valence-corrected chi connectivity index (χ1v) is 6.92. The molecule has 3 heterocycles. The van der Waals surface area contributed by atoms with Gasteiger partial charge in [0.2, 0.25) is 5.91 Å². The summed E-state index contributed by atoms with van der Waals surface area (Å²) in [6.45, 7) is 5.06. The highest BCUT2D eigenvalue weighted by molar-refractivity contribution is 5.79. The monoisotopic (exact) mass is 264 g/mol. The number of hydrogen-bond acceptors (Lipinski definition) is 5. The molecule has 6 heteroatoms. The Morgan fingerprint density at radius 3 is 3.21 bits per heavy atom. The van der Waals surface area contributed by atoms with Crippen LogP contribution in [0, 0.1) is 0 Å². The molecule has 0 bridgehead atoms. The molecule has 1 aromatic heterocycles. The van der Waals surface area contributed by atoms with Crippen LogP contribution in [0.2, 0.25) is 0 Å². The third-order valence-electron chi connectivity index (χ3n) is 3.92. The van der Waals surface area contributed by atoms with E-state index in [1.807, 2.05) is 4.90 Å². The zero-order valence-corrected chi connectivity index (χ0v) is 11.0. The van der Waals surface area contributed by atoms with Gasteiger partial charge >= 0.3 is 0 Å². The molecule has 0 spiro atoms. The largest absolute Gasteiger partial charge is 0.451 e. The molecule has 1 N–H and O–H groups in total. The fourth-order valence-corrected chi connectivity index (χ4v) is 2.98. The molecule has 1 amide bonds. The average Bonchev–Trinajstić information content (AvgIpc) is 2.92. The van der Waals surface area contributed by atoms with E-state index in [2.05, 4.69) is 15.2 Å². The summed E-state index contributed by atoms with van der Waals surface area (Å²) in [7, 11) is 0. The van der Waals surface area contributed by atoms with Crippen LogP contribution in [0.1, 0.15) is 18.5 Å². The van der Waals surface area contributed by atoms with Gasteiger partial charge in [-0.25, -0.2) is 4.98 Å². The zero-order chi connectivity index (χ0) is 13.1. The second kappa shape index (κ2) is 5.71. The Balaban J connectivity index is 1.59. The van der Waals surface area contributed by atoms with Crippen molar-refractivity contribution in [3.8, 4) is 0 Å². The Labute approximate surface area is 112 Å². The smallest absolute Gasteiger partial charge is 0.236 e. The van der Waals surface area contributed by atoms with Crippen LogP contribution in [0.4, 0.5) is 0 Å². The summed E-state index contributed by atoms with van der Waals surface area (Å²) in [6.07, 6.45) is 5.41. The van der Waals surface area contributed by atoms with E-state index < -0.39 is 0 Å². The maximum atomic E-state index is 11.9. The lowest BCUT2D eigenvalue weighted by atomic mass is 10.0. The lowest BCUT2D eigenvalue weighted by Crippen LogP contribution is -2.56. The van der Waals surface area contributed by atoms with Gasteiger partial charge in [0.15, 0.2) is 6.39 Å². The van der Waals surface area contributed by atoms with Gasteiger partial charge in [0.05, 0.1) is 12.2 Å². The van der Waals surface area contributed by atoms with Crippen LogP contribution in [0.3, 0.4) is 0 Å². The second-order valence-electron chi connectivity index (χ2n) is 5.27. The zero-order valence-electron chi connectivity index (χ0n) is 11.0. The number of oxazole rings is 1. The molecule has 2 aliphatic rings. The highest BCUT2D eigenvalue weighted by Gasteiger charge is 2.29. The molecular formula is C13H20N4O2. The topological polar surface area (TPSA) is 61.6 Å². The number of likely N-dealkylation sites (tertiary alicyclic amines) is 1. The lowest BCUT2D eigenvalue weighted by molar-refractivity contribution is -0.135. The van der Waals surface area contributed by atoms with E-state index in [-0.39, 0.29) is 5.91 Å². The number of piperazine rings is 1. The van der Waals surface area contributed by atoms with Gasteiger partial charge in [-0.1, -0.05) is 0 Å². The highest BCUT2D eigenvalue weighted by atomic mass is 16.3. The van der Waals surface area contributed by atoms with E-state index in [1.54, 1.807) is 6.26 Å². The van der Waals surface area contributed by atoms with E-state index in [9.17, 15) is 4.79 Å². The van der Waals surface area contributed by atoms with Crippen molar-refractivity contribution < 1.29 is 9.21 Å². The fraction of sp³-hybridized carbons (Fsp3) is 0.692. The van der Waals surface area contributed by atoms with Crippen molar-refractivity contribution in [3.63, 3.8) is 0 Å². The van der Waals surface area contributed by atoms with Gasteiger partial charge in [0.1, 0.15) is 6.26 Å². The van der Waals surface area contributed by atoms with Gasteiger partial charge in [-0.05, 0) is 19.4 Å². The molecule has 2 saturated heterocycles. The number of nitrogens with one attached hydrogen (secondary N) is 1. The Morgan fingerprint density at radius 2 is 2.42 bits per heavy atom. The van der Waals surface area contributed by atoms with Crippen LogP contribution in [0.15, 0.2) is 17.1 Å². The first-order valence-electron chi connectivity index (χ1n) is 6.92. The summed E-state index contributed by atoms with van der Waals surface area (Å²) in [5, 5.41) is 3.12. The molecule has 0 aliphatic carbocycles. The first-order chi connectivity index (χ1) is 9.33. The number of carbonyl (C=O) groups excluding carboxylic acids is 1. The van der Waals surface area contributed by atoms with E-state index in [0.717, 1.165) is 51.3 Å². The first kappa shape index (κ1) is 12.6. The minimum absolute atomic E-state index is 0.236. The van der Waals surface area contributed by atoms with Crippen molar-refractivity contribution in [3.05, 3.63) is 18.4 Å². The van der Waals surface area contributed by atoms with Crippen molar-refractivity contribution in [1.29, 1.82) is 0 Å². The highest BCUT2D eigenvalue weighted by Crippen LogP contribution is 2.18. The van der Waals surface area contributed by atoms with Crippen LogP contribution in [0.25, 0.3) is 0 Å². The number of rotatable bonds is 3. The van der Waals surface area contributed by atoms with E-state index in [4.69, 9.17) is 4.42 Å². The van der Waals surface area contributed by atoms with Crippen LogP contribution in [-0.4, -0.2) is 59.5 Å². The minimum atomic E-state index is 0.236. The third-order valence-corrected chi connectivity index (χ3v) is 3.92. The molecule has 2 fully saturated rings. The predicted molar refractivity (Wildman–Crippen MR) is 69.4 cm³/mol. The van der Waals surface area contributed by atoms with Gasteiger partial charge in [-0.15, -0.1) is 0 Å². The fourth-order valence-electron chi connectivity index (χ4n) is 2.98. The summed E-state index contributed by atoms with van der Waals surface area (Å²) in [5.74, 6) is 0.236. The van der Waals surface area contributed by atoms with E-state index >= 15 is 0 Å². The lowest BCUT2D eigenvalue weighted by Gasteiger charge is -2.40. The molecule has 104 valence electrons. The SMILES string of the molecule is O=C1CNCCN1C1CCCN(Cc2cocn2)C1. The maximum absolute atomic E-state index is 11.9. The molecule has 3 rings (SSSR count). The molecular weight excluding hydrogens is 244 g/mol. The number of hydrogen-bond donors (Lipinski definition) is 1. The molecule has 1 aromatic rings. The second-order valence-corrected chi connectivity index (χ2v) is 5.27. The van der Waals surface area contributed by atoms with Gasteiger partial charge in [0, 0.05) is 32.2 Å². The molecule has 1 unspecified atom stereocenters. The van der Waals surface area contributed by atoms with E-state index in [1.165, 1.54) is 6.39 Å². The van der Waals surface area contributed by atoms with Crippen molar-refractivity contribution >= 4 is 5.91 Å². The normalized spacial score (nSPS) is 25.8. The average molecular weight is 264 g/mol. The summed E-state index contributed by atoms with van der Waals surface area (Å²) >= 11 is 0. The molecule has 2 aliphatic heterocycles. The summed E-state index contributed by atoms with van der Waals surface area (Å²) in [5.41, 5.74) is 0.965. The van der Waals surface area contributed by atoms with Crippen LogP contribution in [0.5, 0.6) is 0 Å². The predicted octanol–water partition coefficient (Wildman–Crippen LogP) is 0.0708. The van der Waals surface area contributed by atoms with Crippen molar-refractivity contribution in [2.24, 2.45) is 0 Å². The standard InChI is InChI=1S/C13H20N4O2/c18-13-6-14-3-5-17(13)12-2-1-4-16(8-12)7-11-9-19-10-15-11/h9-10,12,14H,1-8H2. The van der Waals surface area contributed by atoms with Crippen LogP contribution < -0.4 is 5.32 Å². The molecule has 0 aromatic carbocycles. The summed E-state index contributed by atoms with van der Waals surface area (Å²) in [6, 6.07) is 0.357. The Hall–Kier alpha value is -1.40. The van der Waals surface area contributed by atoms with Gasteiger partial charge < -0.3 is 14.6 Å². The van der Waals surface area contributed by atoms with Gasteiger partial charge in [-0.3, -0.25) is 9.69 Å². The van der Waals surface area contributed by atoms with Crippen molar-refractivity contribution in [1.82, 2.24) is 20.1 Å². The van der Waals surface area contributed by atoms with Crippen molar-refractivity contribution in [2.45, 2.75) is 25.4 Å². The third kappa shape index (κ3) is 2.96. The van der Waals surface area contributed by atoms with Crippen LogP contribution in [-0.2, 0) is 11.3 Å². The Morgan fingerprint density at radius 1 is 1.47 bits per heavy atom. The quantitative estimate of drug-likeness (QED) is 0.837. The number of amides is 1. The molecule has 0 saturated carbocycles. The molecule has 1 atom stereocenters. The summed E-state index contributed by atoms with van der Waals surface area (Å²) in [4.78, 5) is 20.5.